The molecule has 1 N–H and O–H groups in total. The highest BCUT2D eigenvalue weighted by Crippen LogP contribution is 2.38. The van der Waals surface area contributed by atoms with Gasteiger partial charge in [-0.1, -0.05) is 31.4 Å². The number of esters is 2. The van der Waals surface area contributed by atoms with Gasteiger partial charge in [0.05, 0.1) is 28.9 Å². The fraction of sp³-hybridized carbons (Fsp3) is 0.533. The lowest BCUT2D eigenvalue weighted by Gasteiger charge is -2.30. The topological polar surface area (TPSA) is 116 Å². The van der Waals surface area contributed by atoms with E-state index in [-0.39, 0.29) is 34.3 Å². The van der Waals surface area contributed by atoms with Crippen molar-refractivity contribution in [1.82, 2.24) is 0 Å². The SMILES string of the molecule is CCCCC(CCC(C)(C)O)OC(CC=C(C)C)C1=CC(=O)c2c(OC(C)=O)ccc(OC(C)=O)c2C1=O. The van der Waals surface area contributed by atoms with Crippen LogP contribution >= 0.6 is 0 Å². The second-order valence-electron chi connectivity index (χ2n) is 10.5. The molecule has 0 aliphatic heterocycles. The molecule has 1 aliphatic rings. The van der Waals surface area contributed by atoms with Crippen molar-refractivity contribution in [3.05, 3.63) is 46.6 Å². The van der Waals surface area contributed by atoms with Crippen molar-refractivity contribution >= 4 is 23.5 Å². The molecule has 8 nitrogen and oxygen atoms in total. The van der Waals surface area contributed by atoms with Crippen LogP contribution in [0.1, 0.15) is 108 Å². The molecule has 0 amide bonds. The largest absolute Gasteiger partial charge is 0.426 e. The van der Waals surface area contributed by atoms with Gasteiger partial charge in [-0.05, 0) is 71.6 Å². The lowest BCUT2D eigenvalue weighted by atomic mass is 9.84. The Morgan fingerprint density at radius 3 is 2.05 bits per heavy atom. The number of carbonyl (C=O) groups is 4. The molecule has 1 aromatic rings. The molecule has 0 bridgehead atoms. The minimum absolute atomic E-state index is 0.0789. The monoisotopic (exact) mass is 528 g/mol. The summed E-state index contributed by atoms with van der Waals surface area (Å²) in [5.74, 6) is -2.56. The van der Waals surface area contributed by atoms with E-state index in [2.05, 4.69) is 6.92 Å². The van der Waals surface area contributed by atoms with E-state index in [0.29, 0.717) is 19.3 Å². The molecule has 0 aromatic heterocycles. The zero-order chi connectivity index (χ0) is 28.6. The van der Waals surface area contributed by atoms with Crippen LogP contribution in [0, 0.1) is 0 Å². The number of rotatable bonds is 13. The first-order valence-corrected chi connectivity index (χ1v) is 13.1. The highest BCUT2D eigenvalue weighted by molar-refractivity contribution is 6.27. The number of fused-ring (bicyclic) bond motifs is 1. The van der Waals surface area contributed by atoms with Crippen LogP contribution in [0.15, 0.2) is 35.4 Å². The van der Waals surface area contributed by atoms with Crippen molar-refractivity contribution in [2.75, 3.05) is 0 Å². The molecule has 0 spiro atoms. The average Bonchev–Trinajstić information content (AvgIpc) is 2.79. The third kappa shape index (κ3) is 9.03. The first kappa shape index (κ1) is 31.1. The van der Waals surface area contributed by atoms with Crippen molar-refractivity contribution in [2.24, 2.45) is 0 Å². The third-order valence-corrected chi connectivity index (χ3v) is 6.06. The standard InChI is InChI=1S/C30H40O8/c1-8-9-10-21(15-16-30(6,7)35)38-24(12-11-18(2)3)22-17-23(33)27-25(36-19(4)31)13-14-26(37-20(5)32)28(27)29(22)34/h11,13-14,17,21,24,35H,8-10,12,15-16H2,1-7H3. The Bertz CT molecular complexity index is 1120. The molecule has 0 saturated carbocycles. The molecule has 208 valence electrons. The molecule has 8 heteroatoms. The van der Waals surface area contributed by atoms with Crippen LogP contribution in [0.25, 0.3) is 0 Å². The van der Waals surface area contributed by atoms with Crippen LogP contribution < -0.4 is 9.47 Å². The van der Waals surface area contributed by atoms with Gasteiger partial charge >= 0.3 is 11.9 Å². The van der Waals surface area contributed by atoms with Gasteiger partial charge in [-0.15, -0.1) is 0 Å². The highest BCUT2D eigenvalue weighted by atomic mass is 16.5. The maximum Gasteiger partial charge on any atom is 0.308 e. The molecule has 2 rings (SSSR count). The van der Waals surface area contributed by atoms with Crippen molar-refractivity contribution in [3.8, 4) is 11.5 Å². The van der Waals surface area contributed by atoms with Gasteiger partial charge in [0.1, 0.15) is 11.5 Å². The molecule has 1 aromatic carbocycles. The molecule has 2 atom stereocenters. The van der Waals surface area contributed by atoms with Crippen molar-refractivity contribution in [3.63, 3.8) is 0 Å². The van der Waals surface area contributed by atoms with Crippen molar-refractivity contribution in [1.29, 1.82) is 0 Å². The maximum absolute atomic E-state index is 13.9. The highest BCUT2D eigenvalue weighted by Gasteiger charge is 2.37. The number of allylic oxidation sites excluding steroid dienone is 2. The van der Waals surface area contributed by atoms with Gasteiger partial charge in [-0.3, -0.25) is 19.2 Å². The number of aliphatic hydroxyl groups is 1. The van der Waals surface area contributed by atoms with E-state index in [1.807, 2.05) is 19.9 Å². The number of ketones is 2. The Kier molecular flexibility index (Phi) is 11.2. The number of hydrogen-bond acceptors (Lipinski definition) is 8. The first-order valence-electron chi connectivity index (χ1n) is 13.1. The van der Waals surface area contributed by atoms with E-state index in [4.69, 9.17) is 14.2 Å². The number of ether oxygens (including phenoxy) is 3. The maximum atomic E-state index is 13.9. The van der Waals surface area contributed by atoms with Gasteiger partial charge in [-0.2, -0.15) is 0 Å². The summed E-state index contributed by atoms with van der Waals surface area (Å²) in [6.07, 6.45) is 6.20. The van der Waals surface area contributed by atoms with Gasteiger partial charge < -0.3 is 19.3 Å². The summed E-state index contributed by atoms with van der Waals surface area (Å²) in [6.45, 7) is 11.8. The number of unbranched alkanes of at least 4 members (excludes halogenated alkanes) is 1. The zero-order valence-corrected chi connectivity index (χ0v) is 23.5. The van der Waals surface area contributed by atoms with E-state index in [1.165, 1.54) is 32.1 Å². The number of carbonyl (C=O) groups excluding carboxylic acids is 4. The number of benzene rings is 1. The summed E-state index contributed by atoms with van der Waals surface area (Å²) >= 11 is 0. The van der Waals surface area contributed by atoms with Crippen LogP contribution in [-0.2, 0) is 14.3 Å². The summed E-state index contributed by atoms with van der Waals surface area (Å²) < 4.78 is 17.0. The Hall–Kier alpha value is -3.10. The predicted octanol–water partition coefficient (Wildman–Crippen LogP) is 5.69. The minimum atomic E-state index is -0.871. The zero-order valence-electron chi connectivity index (χ0n) is 23.5. The van der Waals surface area contributed by atoms with E-state index in [0.717, 1.165) is 24.8 Å². The fourth-order valence-corrected chi connectivity index (χ4v) is 4.23. The summed E-state index contributed by atoms with van der Waals surface area (Å²) in [5.41, 5.74) is 0.0307. The smallest absolute Gasteiger partial charge is 0.308 e. The lowest BCUT2D eigenvalue weighted by molar-refractivity contribution is -0.133. The van der Waals surface area contributed by atoms with Gasteiger partial charge in [0.2, 0.25) is 0 Å². The molecule has 0 heterocycles. The first-order chi connectivity index (χ1) is 17.7. The van der Waals surface area contributed by atoms with Crippen LogP contribution in [0.2, 0.25) is 0 Å². The van der Waals surface area contributed by atoms with E-state index < -0.39 is 35.2 Å². The van der Waals surface area contributed by atoms with E-state index >= 15 is 0 Å². The molecule has 0 saturated heterocycles. The van der Waals surface area contributed by atoms with Gasteiger partial charge in [0.25, 0.3) is 0 Å². The van der Waals surface area contributed by atoms with Crippen LogP contribution in [0.5, 0.6) is 11.5 Å². The summed E-state index contributed by atoms with van der Waals surface area (Å²) in [6, 6.07) is 2.67. The van der Waals surface area contributed by atoms with Gasteiger partial charge in [0, 0.05) is 19.4 Å². The second-order valence-corrected chi connectivity index (χ2v) is 10.5. The summed E-state index contributed by atoms with van der Waals surface area (Å²) in [5, 5.41) is 10.3. The number of Topliss-reactive ketones (excluding diaryl/α,β-unsaturated/α-hetero) is 1. The summed E-state index contributed by atoms with van der Waals surface area (Å²) in [7, 11) is 0. The fourth-order valence-electron chi connectivity index (χ4n) is 4.23. The van der Waals surface area contributed by atoms with Gasteiger partial charge in [-0.25, -0.2) is 0 Å². The molecular formula is C30H40O8. The van der Waals surface area contributed by atoms with Gasteiger partial charge in [0.15, 0.2) is 11.6 Å². The Labute approximate surface area is 225 Å². The summed E-state index contributed by atoms with van der Waals surface area (Å²) in [4.78, 5) is 50.7. The Balaban J connectivity index is 2.57. The Morgan fingerprint density at radius 2 is 1.55 bits per heavy atom. The third-order valence-electron chi connectivity index (χ3n) is 6.06. The minimum Gasteiger partial charge on any atom is -0.426 e. The quantitative estimate of drug-likeness (QED) is 0.197. The molecule has 0 radical (unpaired) electrons. The average molecular weight is 529 g/mol. The van der Waals surface area contributed by atoms with Crippen molar-refractivity contribution in [2.45, 2.75) is 105 Å². The Morgan fingerprint density at radius 1 is 0.974 bits per heavy atom. The van der Waals surface area contributed by atoms with Crippen molar-refractivity contribution < 1.29 is 38.5 Å². The molecule has 0 fully saturated rings. The van der Waals surface area contributed by atoms with Crippen LogP contribution in [0.3, 0.4) is 0 Å². The van der Waals surface area contributed by atoms with Crippen LogP contribution in [0.4, 0.5) is 0 Å². The van der Waals surface area contributed by atoms with E-state index in [1.54, 1.807) is 13.8 Å². The predicted molar refractivity (Wildman–Crippen MR) is 144 cm³/mol. The molecule has 2 unspecified atom stereocenters. The van der Waals surface area contributed by atoms with Crippen LogP contribution in [-0.4, -0.2) is 46.4 Å². The lowest BCUT2D eigenvalue weighted by Crippen LogP contribution is -2.32. The number of hydrogen-bond donors (Lipinski definition) is 1. The molecule has 1 aliphatic carbocycles. The second kappa shape index (κ2) is 13.6. The molecular weight excluding hydrogens is 488 g/mol. The molecule has 38 heavy (non-hydrogen) atoms. The van der Waals surface area contributed by atoms with E-state index in [9.17, 15) is 24.3 Å². The normalized spacial score (nSPS) is 14.8.